The maximum atomic E-state index is 6.06. The van der Waals surface area contributed by atoms with Crippen LogP contribution < -0.4 is 74.8 Å². The molecule has 0 fully saturated rings. The zero-order valence-corrected chi connectivity index (χ0v) is 33.1. The first-order valence-corrected chi connectivity index (χ1v) is 19.2. The standard InChI is InChI=1S/C42H56N12O4/c43-39(44)51-21-1-25-55-33-13-5-29(6-14-33)37(30-7-15-34(16-8-30)56-26-2-22-52-40(45)46)38(31-9-17-35(18-10-31)57-27-3-23-53-41(47)48)32-11-19-36(20-12-32)58-28-4-24-54-42(49)50/h5-20H,1-4,21-28H2,(H4,43,44,51)(H4,45,46,52)(H4,47,48,53)(H4,49,50,54)/p+4. The Morgan fingerprint density at radius 1 is 0.414 bits per heavy atom. The van der Waals surface area contributed by atoms with Gasteiger partial charge in [-0.1, -0.05) is 48.5 Å². The van der Waals surface area contributed by atoms with E-state index in [9.17, 15) is 0 Å². The first kappa shape index (κ1) is 43.9. The number of nitrogens with two attached hydrogens (primary N) is 6. The predicted octanol–water partition coefficient (Wildman–Crippen LogP) is -2.41. The molecule has 0 aliphatic rings. The lowest BCUT2D eigenvalue weighted by atomic mass is 9.85. The van der Waals surface area contributed by atoms with Crippen LogP contribution in [0.25, 0.3) is 11.1 Å². The number of rotatable bonds is 24. The van der Waals surface area contributed by atoms with E-state index in [0.29, 0.717) is 77.4 Å². The molecule has 0 bridgehead atoms. The zero-order chi connectivity index (χ0) is 41.5. The number of guanidine groups is 4. The monoisotopic (exact) mass is 796 g/mol. The number of aliphatic imine (C=N–C) groups is 2. The van der Waals surface area contributed by atoms with Crippen molar-refractivity contribution < 1.29 is 40.4 Å². The second-order valence-corrected chi connectivity index (χ2v) is 13.2. The molecule has 4 rings (SSSR count). The van der Waals surface area contributed by atoms with E-state index in [2.05, 4.69) is 80.0 Å². The van der Waals surface area contributed by atoms with Gasteiger partial charge >= 0.3 is 11.9 Å². The van der Waals surface area contributed by atoms with E-state index in [1.54, 1.807) is 0 Å². The van der Waals surface area contributed by atoms with Crippen molar-refractivity contribution in [1.82, 2.24) is 0 Å². The Hall–Kier alpha value is -6.78. The second-order valence-electron chi connectivity index (χ2n) is 13.2. The summed E-state index contributed by atoms with van der Waals surface area (Å²) in [6.07, 6.45) is 2.90. The van der Waals surface area contributed by atoms with Crippen molar-refractivity contribution in [3.05, 3.63) is 119 Å². The van der Waals surface area contributed by atoms with Crippen LogP contribution in [0, 0.1) is 0 Å². The predicted molar refractivity (Wildman–Crippen MR) is 228 cm³/mol. The van der Waals surface area contributed by atoms with Gasteiger partial charge in [0.25, 0.3) is 0 Å². The maximum Gasteiger partial charge on any atom is 0.434 e. The van der Waals surface area contributed by atoms with Gasteiger partial charge in [0.2, 0.25) is 0 Å². The largest absolute Gasteiger partial charge is 0.494 e. The van der Waals surface area contributed by atoms with Crippen LogP contribution in [-0.2, 0) is 0 Å². The number of nitrogens with one attached hydrogen (secondary N) is 2. The quantitative estimate of drug-likeness (QED) is 0.0155. The van der Waals surface area contributed by atoms with Crippen molar-refractivity contribution in [2.24, 2.45) is 44.4 Å². The highest BCUT2D eigenvalue weighted by Gasteiger charge is 2.18. The molecule has 0 saturated heterocycles. The van der Waals surface area contributed by atoms with Crippen molar-refractivity contribution in [3.8, 4) is 23.0 Å². The third kappa shape index (κ3) is 15.8. The topological polar surface area (TPSA) is 301 Å². The maximum absolute atomic E-state index is 6.06. The Kier molecular flexibility index (Phi) is 18.2. The zero-order valence-electron chi connectivity index (χ0n) is 33.1. The Labute approximate surface area is 339 Å². The molecule has 4 aromatic rings. The van der Waals surface area contributed by atoms with Crippen molar-refractivity contribution >= 4 is 35.0 Å². The number of ether oxygens (including phenoxy) is 4. The molecule has 0 spiro atoms. The summed E-state index contributed by atoms with van der Waals surface area (Å²) in [7, 11) is 0. The van der Waals surface area contributed by atoms with Gasteiger partial charge in [-0.15, -0.1) is 0 Å². The summed E-state index contributed by atoms with van der Waals surface area (Å²) in [5.41, 5.74) is 46.4. The summed E-state index contributed by atoms with van der Waals surface area (Å²) in [6, 6.07) is 32.4. The highest BCUT2D eigenvalue weighted by atomic mass is 16.5. The number of nitrogens with zero attached hydrogens (tertiary/aromatic N) is 2. The number of benzene rings is 4. The fourth-order valence-corrected chi connectivity index (χ4v) is 5.73. The molecule has 0 amide bonds. The SMILES string of the molecule is NC(N)=NCCCOc1ccc(C(=C(c2ccc(OCCC[NH+]=C(N)[NH3+])cc2)c2ccc(OCCC[NH+]=C(N)[NH3+])cc2)c2ccc(OCCCN=C(N)N)cc2)cc1. The molecule has 0 unspecified atom stereocenters. The van der Waals surface area contributed by atoms with Crippen molar-refractivity contribution in [2.45, 2.75) is 25.7 Å². The molecule has 16 nitrogen and oxygen atoms in total. The Morgan fingerprint density at radius 2 is 0.672 bits per heavy atom. The van der Waals surface area contributed by atoms with Crippen LogP contribution in [0.2, 0.25) is 0 Å². The first-order chi connectivity index (χ1) is 28.1. The molecule has 0 aliphatic heterocycles. The average Bonchev–Trinajstić information content (AvgIpc) is 3.20. The lowest BCUT2D eigenvalue weighted by Gasteiger charge is -2.19. The molecule has 0 aliphatic carbocycles. The van der Waals surface area contributed by atoms with Gasteiger partial charge in [-0.2, -0.15) is 0 Å². The van der Waals surface area contributed by atoms with E-state index in [1.165, 1.54) is 0 Å². The van der Waals surface area contributed by atoms with E-state index in [-0.39, 0.29) is 11.9 Å². The summed E-state index contributed by atoms with van der Waals surface area (Å²) in [5, 5.41) is 0. The molecular formula is C42H60N12O4+4. The van der Waals surface area contributed by atoms with Crippen molar-refractivity contribution in [3.63, 3.8) is 0 Å². The molecule has 16 heteroatoms. The molecule has 58 heavy (non-hydrogen) atoms. The molecular weight excluding hydrogens is 737 g/mol. The number of hydrogen-bond acceptors (Lipinski definition) is 6. The van der Waals surface area contributed by atoms with Gasteiger partial charge < -0.3 is 41.9 Å². The van der Waals surface area contributed by atoms with E-state index in [1.807, 2.05) is 48.5 Å². The van der Waals surface area contributed by atoms with Crippen LogP contribution >= 0.6 is 0 Å². The Morgan fingerprint density at radius 3 is 0.914 bits per heavy atom. The van der Waals surface area contributed by atoms with Crippen LogP contribution in [0.4, 0.5) is 0 Å². The third-order valence-electron chi connectivity index (χ3n) is 8.44. The van der Waals surface area contributed by atoms with Gasteiger partial charge in [-0.25, -0.2) is 21.5 Å². The minimum Gasteiger partial charge on any atom is -0.494 e. The molecule has 0 atom stereocenters. The van der Waals surface area contributed by atoms with Gasteiger partial charge in [0.1, 0.15) is 23.0 Å². The highest BCUT2D eigenvalue weighted by molar-refractivity contribution is 6.04. The van der Waals surface area contributed by atoms with Gasteiger partial charge in [0.15, 0.2) is 11.9 Å². The molecule has 0 saturated carbocycles. The molecule has 308 valence electrons. The Balaban J connectivity index is 1.73. The molecule has 0 heterocycles. The Bertz CT molecular complexity index is 1690. The summed E-state index contributed by atoms with van der Waals surface area (Å²) >= 11 is 0. The first-order valence-electron chi connectivity index (χ1n) is 19.2. The van der Waals surface area contributed by atoms with Gasteiger partial charge in [-0.3, -0.25) is 21.5 Å². The summed E-state index contributed by atoms with van der Waals surface area (Å²) in [6.45, 7) is 4.32. The van der Waals surface area contributed by atoms with E-state index >= 15 is 0 Å². The fourth-order valence-electron chi connectivity index (χ4n) is 5.73. The van der Waals surface area contributed by atoms with Crippen LogP contribution in [0.15, 0.2) is 107 Å². The van der Waals surface area contributed by atoms with E-state index in [0.717, 1.165) is 69.2 Å². The third-order valence-corrected chi connectivity index (χ3v) is 8.44. The van der Waals surface area contributed by atoms with Gasteiger partial charge in [0.05, 0.1) is 39.5 Å². The minimum atomic E-state index is 0.0665. The average molecular weight is 797 g/mol. The highest BCUT2D eigenvalue weighted by Crippen LogP contribution is 2.39. The summed E-state index contributed by atoms with van der Waals surface area (Å²) in [4.78, 5) is 14.1. The van der Waals surface area contributed by atoms with E-state index < -0.39 is 0 Å². The molecule has 0 aromatic heterocycles. The van der Waals surface area contributed by atoms with Crippen LogP contribution in [0.1, 0.15) is 47.9 Å². The lowest BCUT2D eigenvalue weighted by Crippen LogP contribution is -2.88. The molecule has 0 radical (unpaired) electrons. The van der Waals surface area contributed by atoms with Crippen molar-refractivity contribution in [2.75, 3.05) is 52.6 Å². The van der Waals surface area contributed by atoms with Crippen LogP contribution in [0.3, 0.4) is 0 Å². The number of quaternary nitrogens is 2. The summed E-state index contributed by atoms with van der Waals surface area (Å²) < 4.78 is 24.2. The van der Waals surface area contributed by atoms with Crippen LogP contribution in [0.5, 0.6) is 23.0 Å². The van der Waals surface area contributed by atoms with Crippen molar-refractivity contribution in [1.29, 1.82) is 0 Å². The lowest BCUT2D eigenvalue weighted by molar-refractivity contribution is -0.505. The van der Waals surface area contributed by atoms with E-state index in [4.69, 9.17) is 53.3 Å². The smallest absolute Gasteiger partial charge is 0.434 e. The van der Waals surface area contributed by atoms with Crippen LogP contribution in [-0.4, -0.2) is 76.4 Å². The normalized spacial score (nSPS) is 11.3. The minimum absolute atomic E-state index is 0.0665. The number of hydrogen-bond donors (Lipinski definition) is 10. The molecule has 4 aromatic carbocycles. The summed E-state index contributed by atoms with van der Waals surface area (Å²) in [5.74, 6) is 4.00. The fraction of sp³-hybridized carbons (Fsp3) is 0.286. The molecule has 20 N–H and O–H groups in total. The second kappa shape index (κ2) is 24.0. The van der Waals surface area contributed by atoms with Gasteiger partial charge in [0, 0.05) is 38.8 Å². The van der Waals surface area contributed by atoms with Gasteiger partial charge in [-0.05, 0) is 81.9 Å².